The molecule has 0 atom stereocenters. The number of pyridine rings is 1. The molecule has 2 heterocycles. The van der Waals surface area contributed by atoms with Gasteiger partial charge in [-0.1, -0.05) is 42.5 Å². The fourth-order valence-corrected chi connectivity index (χ4v) is 5.89. The summed E-state index contributed by atoms with van der Waals surface area (Å²) in [7, 11) is -0.800. The molecule has 2 aromatic heterocycles. The molecule has 1 N–H and O–H groups in total. The van der Waals surface area contributed by atoms with E-state index in [9.17, 15) is 18.3 Å². The van der Waals surface area contributed by atoms with Crippen LogP contribution in [-0.2, 0) is 23.1 Å². The van der Waals surface area contributed by atoms with Crippen LogP contribution in [0.3, 0.4) is 0 Å². The maximum Gasteiger partial charge on any atom is 0.357 e. The number of hydrogen-bond donors (Lipinski definition) is 1. The van der Waals surface area contributed by atoms with Crippen LogP contribution in [-0.4, -0.2) is 47.6 Å². The summed E-state index contributed by atoms with van der Waals surface area (Å²) in [6, 6.07) is 26.0. The van der Waals surface area contributed by atoms with Gasteiger partial charge in [0.05, 0.1) is 24.6 Å². The van der Waals surface area contributed by atoms with E-state index in [1.165, 1.54) is 21.0 Å². The number of benzene rings is 3. The summed E-state index contributed by atoms with van der Waals surface area (Å²) in [6.45, 7) is 0.272. The molecular weight excluding hydrogens is 530 g/mol. The molecule has 204 valence electrons. The Hall–Kier alpha value is -4.67. The van der Waals surface area contributed by atoms with Crippen molar-refractivity contribution in [1.29, 1.82) is 0 Å². The first kappa shape index (κ1) is 26.9. The molecule has 40 heavy (non-hydrogen) atoms. The number of rotatable bonds is 10. The van der Waals surface area contributed by atoms with Crippen LogP contribution in [0.1, 0.15) is 21.6 Å². The van der Waals surface area contributed by atoms with Crippen molar-refractivity contribution in [3.63, 3.8) is 0 Å². The first-order chi connectivity index (χ1) is 19.3. The Balaban J connectivity index is 1.51. The van der Waals surface area contributed by atoms with Gasteiger partial charge < -0.3 is 14.6 Å². The number of aromatic carboxylic acids is 1. The van der Waals surface area contributed by atoms with Gasteiger partial charge in [0.2, 0.25) is 10.0 Å². The van der Waals surface area contributed by atoms with Crippen LogP contribution in [0.5, 0.6) is 11.5 Å². The minimum Gasteiger partial charge on any atom is -0.497 e. The quantitative estimate of drug-likeness (QED) is 0.254. The average Bonchev–Trinajstić information content (AvgIpc) is 3.38. The second-order valence-electron chi connectivity index (χ2n) is 9.05. The van der Waals surface area contributed by atoms with Crippen LogP contribution in [0.4, 0.5) is 0 Å². The zero-order chi connectivity index (χ0) is 28.3. The van der Waals surface area contributed by atoms with Gasteiger partial charge >= 0.3 is 5.97 Å². The molecule has 0 amide bonds. The predicted molar refractivity (Wildman–Crippen MR) is 150 cm³/mol. The normalized spacial score (nSPS) is 11.6. The molecule has 0 radical (unpaired) electrons. The van der Waals surface area contributed by atoms with Crippen LogP contribution in [0, 0.1) is 0 Å². The Morgan fingerprint density at radius 2 is 1.38 bits per heavy atom. The van der Waals surface area contributed by atoms with Crippen LogP contribution in [0.15, 0.2) is 102 Å². The highest BCUT2D eigenvalue weighted by Crippen LogP contribution is 2.31. The molecule has 0 spiro atoms. The van der Waals surface area contributed by atoms with Crippen molar-refractivity contribution in [1.82, 2.24) is 13.9 Å². The summed E-state index contributed by atoms with van der Waals surface area (Å²) in [5.41, 5.74) is 3.07. The van der Waals surface area contributed by atoms with E-state index in [-0.39, 0.29) is 23.7 Å². The maximum absolute atomic E-state index is 13.9. The summed E-state index contributed by atoms with van der Waals surface area (Å²) in [6.07, 6.45) is 1.67. The highest BCUT2D eigenvalue weighted by molar-refractivity contribution is 7.89. The number of sulfonamides is 1. The van der Waals surface area contributed by atoms with E-state index in [1.54, 1.807) is 75.0 Å². The van der Waals surface area contributed by atoms with Gasteiger partial charge in [-0.15, -0.1) is 0 Å². The smallest absolute Gasteiger partial charge is 0.357 e. The molecule has 0 aliphatic rings. The summed E-state index contributed by atoms with van der Waals surface area (Å²) in [4.78, 5) is 12.0. The third-order valence-electron chi connectivity index (χ3n) is 6.56. The highest BCUT2D eigenvalue weighted by atomic mass is 32.2. The van der Waals surface area contributed by atoms with Crippen LogP contribution in [0.25, 0.3) is 16.6 Å². The van der Waals surface area contributed by atoms with Crippen molar-refractivity contribution in [2.24, 2.45) is 0 Å². The van der Waals surface area contributed by atoms with E-state index in [1.807, 2.05) is 24.3 Å². The zero-order valence-corrected chi connectivity index (χ0v) is 22.7. The maximum atomic E-state index is 13.9. The number of carboxylic acid groups (broad SMARTS) is 1. The summed E-state index contributed by atoms with van der Waals surface area (Å²) < 4.78 is 41.2. The first-order valence-corrected chi connectivity index (χ1v) is 13.8. The second kappa shape index (κ2) is 11.2. The van der Waals surface area contributed by atoms with E-state index in [2.05, 4.69) is 5.10 Å². The van der Waals surface area contributed by atoms with Gasteiger partial charge in [-0.05, 0) is 65.2 Å². The van der Waals surface area contributed by atoms with Crippen molar-refractivity contribution < 1.29 is 27.8 Å². The topological polar surface area (TPSA) is 110 Å². The van der Waals surface area contributed by atoms with E-state index < -0.39 is 16.0 Å². The molecule has 0 aliphatic carbocycles. The molecule has 3 aromatic carbocycles. The predicted octanol–water partition coefficient (Wildman–Crippen LogP) is 5.11. The van der Waals surface area contributed by atoms with Crippen LogP contribution < -0.4 is 9.47 Å². The minimum atomic E-state index is -3.95. The lowest BCUT2D eigenvalue weighted by atomic mass is 10.0. The minimum absolute atomic E-state index is 0.0895. The lowest BCUT2D eigenvalue weighted by molar-refractivity contribution is 0.0691. The van der Waals surface area contributed by atoms with Crippen LogP contribution in [0.2, 0.25) is 0 Å². The van der Waals surface area contributed by atoms with Crippen molar-refractivity contribution in [3.8, 4) is 22.6 Å². The van der Waals surface area contributed by atoms with Gasteiger partial charge in [0.15, 0.2) is 5.69 Å². The van der Waals surface area contributed by atoms with E-state index in [0.717, 1.165) is 11.1 Å². The van der Waals surface area contributed by atoms with E-state index in [0.29, 0.717) is 28.1 Å². The largest absolute Gasteiger partial charge is 0.497 e. The number of methoxy groups -OCH3 is 2. The Morgan fingerprint density at radius 3 is 1.88 bits per heavy atom. The number of hydrogen-bond acceptors (Lipinski definition) is 6. The Bertz CT molecular complexity index is 1700. The number of carboxylic acids is 1. The molecular formula is C30H27N3O6S. The Labute approximate surface area is 231 Å². The fourth-order valence-electron chi connectivity index (χ4n) is 4.47. The van der Waals surface area contributed by atoms with Crippen molar-refractivity contribution in [2.45, 2.75) is 18.0 Å². The number of carbonyl (C=O) groups is 1. The van der Waals surface area contributed by atoms with Gasteiger partial charge in [-0.25, -0.2) is 17.7 Å². The Morgan fingerprint density at radius 1 is 0.825 bits per heavy atom. The molecule has 0 fully saturated rings. The van der Waals surface area contributed by atoms with Crippen molar-refractivity contribution in [3.05, 3.63) is 114 Å². The van der Waals surface area contributed by atoms with Gasteiger partial charge in [0, 0.05) is 24.8 Å². The van der Waals surface area contributed by atoms with Crippen molar-refractivity contribution >= 4 is 21.5 Å². The first-order valence-electron chi connectivity index (χ1n) is 12.4. The van der Waals surface area contributed by atoms with Crippen molar-refractivity contribution in [2.75, 3.05) is 14.2 Å². The third kappa shape index (κ3) is 5.40. The molecule has 0 aliphatic heterocycles. The van der Waals surface area contributed by atoms with Gasteiger partial charge in [0.25, 0.3) is 0 Å². The van der Waals surface area contributed by atoms with Gasteiger partial charge in [-0.3, -0.25) is 0 Å². The molecule has 5 rings (SSSR count). The Kier molecular flexibility index (Phi) is 7.54. The van der Waals surface area contributed by atoms with E-state index >= 15 is 0 Å². The molecule has 5 aromatic rings. The standard InChI is InChI=1S/C30H27N3O6S/c1-38-24-12-6-21(7-13-24)19-32(20-22-8-14-25(39-2)15-9-22)40(36,37)26-16-10-23(11-17-26)28-27-5-3-4-18-33(27)31-29(28)30(34)35/h3-18H,19-20H2,1-2H3,(H,34,35). The molecule has 10 heteroatoms. The SMILES string of the molecule is COc1ccc(CN(Cc2ccc(OC)cc2)S(=O)(=O)c2ccc(-c3c(C(=O)O)nn4ccccc34)cc2)cc1. The van der Waals surface area contributed by atoms with E-state index in [4.69, 9.17) is 9.47 Å². The monoisotopic (exact) mass is 557 g/mol. The summed E-state index contributed by atoms with van der Waals surface area (Å²) in [5, 5.41) is 13.9. The second-order valence-corrected chi connectivity index (χ2v) is 11.0. The molecule has 0 bridgehead atoms. The number of aromatic nitrogens is 2. The average molecular weight is 558 g/mol. The third-order valence-corrected chi connectivity index (χ3v) is 8.37. The fraction of sp³-hybridized carbons (Fsp3) is 0.133. The number of fused-ring (bicyclic) bond motifs is 1. The number of nitrogens with zero attached hydrogens (tertiary/aromatic N) is 3. The van der Waals surface area contributed by atoms with Gasteiger partial charge in [0.1, 0.15) is 11.5 Å². The lowest BCUT2D eigenvalue weighted by Gasteiger charge is -2.23. The highest BCUT2D eigenvalue weighted by Gasteiger charge is 2.26. The van der Waals surface area contributed by atoms with Crippen LogP contribution >= 0.6 is 0 Å². The lowest BCUT2D eigenvalue weighted by Crippen LogP contribution is -2.30. The summed E-state index contributed by atoms with van der Waals surface area (Å²) >= 11 is 0. The molecule has 0 saturated heterocycles. The zero-order valence-electron chi connectivity index (χ0n) is 21.9. The van der Waals surface area contributed by atoms with Gasteiger partial charge in [-0.2, -0.15) is 9.40 Å². The molecule has 9 nitrogen and oxygen atoms in total. The summed E-state index contributed by atoms with van der Waals surface area (Å²) in [5.74, 6) is 0.190. The molecule has 0 saturated carbocycles. The number of ether oxygens (including phenoxy) is 2. The molecule has 0 unspecified atom stereocenters.